The Bertz CT molecular complexity index is 414. The van der Waals surface area contributed by atoms with Crippen LogP contribution in [0.4, 0.5) is 17.6 Å². The van der Waals surface area contributed by atoms with E-state index in [9.17, 15) is 22.7 Å². The molecule has 1 aromatic carbocycles. The molecule has 0 radical (unpaired) electrons. The number of para-hydroxylation sites is 1. The van der Waals surface area contributed by atoms with Crippen LogP contribution in [0.15, 0.2) is 24.3 Å². The molecule has 0 amide bonds. The molecule has 0 saturated heterocycles. The van der Waals surface area contributed by atoms with Crippen LogP contribution >= 0.6 is 0 Å². The second-order valence-electron chi connectivity index (χ2n) is 4.00. The molecular weight excluding hydrogens is 266 g/mol. The van der Waals surface area contributed by atoms with Crippen molar-refractivity contribution < 1.29 is 27.4 Å². The maximum absolute atomic E-state index is 12.9. The van der Waals surface area contributed by atoms with Crippen LogP contribution in [-0.2, 0) is 0 Å². The van der Waals surface area contributed by atoms with Gasteiger partial charge >= 0.3 is 12.5 Å². The van der Waals surface area contributed by atoms with Gasteiger partial charge in [-0.25, -0.2) is 0 Å². The van der Waals surface area contributed by atoms with Crippen molar-refractivity contribution in [3.8, 4) is 5.75 Å². The molecule has 3 nitrogen and oxygen atoms in total. The number of hydrogen-bond donors (Lipinski definition) is 2. The molecule has 0 unspecified atom stereocenters. The maximum Gasteiger partial charge on any atom is 0.461 e. The van der Waals surface area contributed by atoms with Crippen molar-refractivity contribution in [1.82, 2.24) is 0 Å². The highest BCUT2D eigenvalue weighted by atomic mass is 19.3. The standard InChI is InChI=1S/C12H15F4NO2/c1-2-8(18)10(17)7-5-3-4-6-9(7)19-12(15,16)11(13)14/h3-6,8,10-11,18H,2,17H2,1H3/t8-,10+/m1/s1. The second-order valence-corrected chi connectivity index (χ2v) is 4.00. The summed E-state index contributed by atoms with van der Waals surface area (Å²) < 4.78 is 54.0. The van der Waals surface area contributed by atoms with E-state index in [1.807, 2.05) is 0 Å². The molecule has 0 bridgehead atoms. The molecule has 2 atom stereocenters. The Morgan fingerprint density at radius 1 is 1.32 bits per heavy atom. The molecule has 0 spiro atoms. The van der Waals surface area contributed by atoms with Crippen LogP contribution in [0.5, 0.6) is 5.75 Å². The first kappa shape index (κ1) is 15.7. The zero-order valence-electron chi connectivity index (χ0n) is 10.2. The molecule has 0 aromatic heterocycles. The molecule has 1 rings (SSSR count). The number of rotatable bonds is 6. The second kappa shape index (κ2) is 6.21. The number of ether oxygens (including phenoxy) is 1. The first-order valence-electron chi connectivity index (χ1n) is 5.67. The molecule has 1 aromatic rings. The average molecular weight is 281 g/mol. The molecule has 0 fully saturated rings. The van der Waals surface area contributed by atoms with Gasteiger partial charge in [-0.1, -0.05) is 25.1 Å². The van der Waals surface area contributed by atoms with Gasteiger partial charge in [0.2, 0.25) is 0 Å². The van der Waals surface area contributed by atoms with Crippen molar-refractivity contribution in [2.75, 3.05) is 0 Å². The molecule has 3 N–H and O–H groups in total. The van der Waals surface area contributed by atoms with E-state index >= 15 is 0 Å². The van der Waals surface area contributed by atoms with Crippen molar-refractivity contribution in [2.45, 2.75) is 38.0 Å². The predicted octanol–water partition coefficient (Wildman–Crippen LogP) is 2.69. The molecule has 0 saturated carbocycles. The molecule has 0 aliphatic heterocycles. The van der Waals surface area contributed by atoms with E-state index in [-0.39, 0.29) is 5.56 Å². The van der Waals surface area contributed by atoms with E-state index < -0.39 is 30.4 Å². The summed E-state index contributed by atoms with van der Waals surface area (Å²) in [5, 5.41) is 9.60. The van der Waals surface area contributed by atoms with E-state index in [1.54, 1.807) is 6.92 Å². The fourth-order valence-electron chi connectivity index (χ4n) is 1.50. The molecule has 0 heterocycles. The first-order chi connectivity index (χ1) is 8.79. The van der Waals surface area contributed by atoms with Gasteiger partial charge in [0, 0.05) is 5.56 Å². The summed E-state index contributed by atoms with van der Waals surface area (Å²) in [6, 6.07) is 4.31. The van der Waals surface area contributed by atoms with Gasteiger partial charge in [-0.15, -0.1) is 0 Å². The molecule has 19 heavy (non-hydrogen) atoms. The Hall–Kier alpha value is -1.34. The van der Waals surface area contributed by atoms with E-state index in [1.165, 1.54) is 18.2 Å². The topological polar surface area (TPSA) is 55.5 Å². The van der Waals surface area contributed by atoms with Crippen molar-refractivity contribution >= 4 is 0 Å². The molecule has 108 valence electrons. The summed E-state index contributed by atoms with van der Waals surface area (Å²) in [6.07, 6.45) is -9.24. The van der Waals surface area contributed by atoms with Crippen LogP contribution in [0.1, 0.15) is 24.9 Å². The van der Waals surface area contributed by atoms with Crippen LogP contribution in [0, 0.1) is 0 Å². The smallest absolute Gasteiger partial charge is 0.428 e. The van der Waals surface area contributed by atoms with Gasteiger partial charge < -0.3 is 15.6 Å². The third-order valence-corrected chi connectivity index (χ3v) is 2.61. The fourth-order valence-corrected chi connectivity index (χ4v) is 1.50. The van der Waals surface area contributed by atoms with Gasteiger partial charge in [-0.3, -0.25) is 0 Å². The molecule has 7 heteroatoms. The monoisotopic (exact) mass is 281 g/mol. The van der Waals surface area contributed by atoms with Gasteiger partial charge in [0.25, 0.3) is 0 Å². The molecule has 0 aliphatic rings. The zero-order chi connectivity index (χ0) is 14.6. The van der Waals surface area contributed by atoms with Crippen molar-refractivity contribution in [3.63, 3.8) is 0 Å². The highest BCUT2D eigenvalue weighted by molar-refractivity contribution is 5.36. The quantitative estimate of drug-likeness (QED) is 0.788. The van der Waals surface area contributed by atoms with Crippen LogP contribution in [0.2, 0.25) is 0 Å². The van der Waals surface area contributed by atoms with E-state index in [0.717, 1.165) is 6.07 Å². The Morgan fingerprint density at radius 3 is 2.42 bits per heavy atom. The lowest BCUT2D eigenvalue weighted by Gasteiger charge is -2.23. The summed E-state index contributed by atoms with van der Waals surface area (Å²) in [7, 11) is 0. The number of hydrogen-bond acceptors (Lipinski definition) is 3. The molecule has 0 aliphatic carbocycles. The summed E-state index contributed by atoms with van der Waals surface area (Å²) in [5.74, 6) is -0.465. The number of alkyl halides is 4. The SMILES string of the molecule is CC[C@@H](O)[C@@H](N)c1ccccc1OC(F)(F)C(F)F. The minimum Gasteiger partial charge on any atom is -0.428 e. The Kier molecular flexibility index (Phi) is 5.13. The van der Waals surface area contributed by atoms with Crippen LogP contribution in [0.25, 0.3) is 0 Å². The van der Waals surface area contributed by atoms with E-state index in [0.29, 0.717) is 6.42 Å². The highest BCUT2D eigenvalue weighted by Gasteiger charge is 2.44. The van der Waals surface area contributed by atoms with Crippen LogP contribution < -0.4 is 10.5 Å². The average Bonchev–Trinajstić information content (AvgIpc) is 2.37. The van der Waals surface area contributed by atoms with Gasteiger partial charge in [0.05, 0.1) is 12.1 Å². The number of nitrogens with two attached hydrogens (primary N) is 1. The summed E-state index contributed by atoms with van der Waals surface area (Å²) in [6.45, 7) is 1.65. The van der Waals surface area contributed by atoms with Gasteiger partial charge in [0.15, 0.2) is 0 Å². The first-order valence-corrected chi connectivity index (χ1v) is 5.67. The number of aliphatic hydroxyl groups excluding tert-OH is 1. The van der Waals surface area contributed by atoms with Crippen LogP contribution in [-0.4, -0.2) is 23.7 Å². The number of halogens is 4. The lowest BCUT2D eigenvalue weighted by Crippen LogP contribution is -2.34. The highest BCUT2D eigenvalue weighted by Crippen LogP contribution is 2.33. The zero-order valence-corrected chi connectivity index (χ0v) is 10.2. The fraction of sp³-hybridized carbons (Fsp3) is 0.500. The predicted molar refractivity (Wildman–Crippen MR) is 61.2 cm³/mol. The Balaban J connectivity index is 3.03. The van der Waals surface area contributed by atoms with E-state index in [2.05, 4.69) is 4.74 Å². The lowest BCUT2D eigenvalue weighted by atomic mass is 10.00. The third-order valence-electron chi connectivity index (χ3n) is 2.61. The minimum atomic E-state index is -4.60. The number of aliphatic hydroxyl groups is 1. The summed E-state index contributed by atoms with van der Waals surface area (Å²) >= 11 is 0. The van der Waals surface area contributed by atoms with Crippen molar-refractivity contribution in [2.24, 2.45) is 5.73 Å². The largest absolute Gasteiger partial charge is 0.461 e. The molecular formula is C12H15F4NO2. The maximum atomic E-state index is 12.9. The normalized spacial score (nSPS) is 15.4. The minimum absolute atomic E-state index is 0.0529. The Labute approximate surface area is 108 Å². The van der Waals surface area contributed by atoms with E-state index in [4.69, 9.17) is 5.73 Å². The van der Waals surface area contributed by atoms with Crippen molar-refractivity contribution in [1.29, 1.82) is 0 Å². The van der Waals surface area contributed by atoms with Gasteiger partial charge in [-0.2, -0.15) is 17.6 Å². The van der Waals surface area contributed by atoms with Gasteiger partial charge in [0.1, 0.15) is 5.75 Å². The number of benzene rings is 1. The van der Waals surface area contributed by atoms with Gasteiger partial charge in [-0.05, 0) is 12.5 Å². The lowest BCUT2D eigenvalue weighted by molar-refractivity contribution is -0.253. The summed E-state index contributed by atoms with van der Waals surface area (Å²) in [4.78, 5) is 0. The Morgan fingerprint density at radius 2 is 1.89 bits per heavy atom. The van der Waals surface area contributed by atoms with Crippen LogP contribution in [0.3, 0.4) is 0 Å². The summed E-state index contributed by atoms with van der Waals surface area (Å²) in [5.41, 5.74) is 5.74. The van der Waals surface area contributed by atoms with Crippen molar-refractivity contribution in [3.05, 3.63) is 29.8 Å². The third kappa shape index (κ3) is 3.81.